The Morgan fingerprint density at radius 2 is 1.81 bits per heavy atom. The molecule has 1 rings (SSSR count). The first-order chi connectivity index (χ1) is 7.64. The molecule has 0 atom stereocenters. The van der Waals surface area contributed by atoms with Crippen LogP contribution >= 0.6 is 0 Å². The Bertz CT molecular complexity index is 280. The lowest BCUT2D eigenvalue weighted by Gasteiger charge is -2.23. The first-order valence-electron chi connectivity index (χ1n) is 5.98. The number of benzene rings is 1. The second kappa shape index (κ2) is 6.66. The van der Waals surface area contributed by atoms with E-state index in [1.54, 1.807) is 0 Å². The average molecular weight is 222 g/mol. The predicted molar refractivity (Wildman–Crippen MR) is 66.2 cm³/mol. The van der Waals surface area contributed by atoms with Gasteiger partial charge in [0.2, 0.25) is 0 Å². The van der Waals surface area contributed by atoms with Crippen LogP contribution in [-0.4, -0.2) is 12.2 Å². The van der Waals surface area contributed by atoms with Crippen molar-refractivity contribution in [2.45, 2.75) is 45.6 Å². The Labute approximate surface area is 98.5 Å². The SMILES string of the molecule is CCCCOOC(C)(C)Cc1ccccc1. The van der Waals surface area contributed by atoms with Crippen LogP contribution in [0.2, 0.25) is 0 Å². The summed E-state index contributed by atoms with van der Waals surface area (Å²) in [7, 11) is 0. The summed E-state index contributed by atoms with van der Waals surface area (Å²) in [6.45, 7) is 6.91. The van der Waals surface area contributed by atoms with Crippen molar-refractivity contribution in [2.24, 2.45) is 0 Å². The number of hydrogen-bond acceptors (Lipinski definition) is 2. The Hall–Kier alpha value is -0.860. The maximum atomic E-state index is 5.44. The monoisotopic (exact) mass is 222 g/mol. The van der Waals surface area contributed by atoms with Crippen molar-refractivity contribution in [1.29, 1.82) is 0 Å². The summed E-state index contributed by atoms with van der Waals surface area (Å²) < 4.78 is 0. The minimum absolute atomic E-state index is 0.269. The summed E-state index contributed by atoms with van der Waals surface area (Å²) >= 11 is 0. The topological polar surface area (TPSA) is 18.5 Å². The Balaban J connectivity index is 2.33. The maximum Gasteiger partial charge on any atom is 0.102 e. The molecule has 16 heavy (non-hydrogen) atoms. The molecule has 0 spiro atoms. The van der Waals surface area contributed by atoms with Crippen LogP contribution in [0.1, 0.15) is 39.2 Å². The van der Waals surface area contributed by atoms with Crippen molar-refractivity contribution < 1.29 is 9.78 Å². The van der Waals surface area contributed by atoms with Gasteiger partial charge in [0.05, 0.1) is 6.61 Å². The zero-order chi connectivity index (χ0) is 11.9. The van der Waals surface area contributed by atoms with E-state index in [-0.39, 0.29) is 5.60 Å². The van der Waals surface area contributed by atoms with E-state index in [4.69, 9.17) is 9.78 Å². The molecule has 90 valence electrons. The molecule has 0 fully saturated rings. The molecule has 0 unspecified atom stereocenters. The lowest BCUT2D eigenvalue weighted by atomic mass is 9.99. The Morgan fingerprint density at radius 1 is 1.12 bits per heavy atom. The van der Waals surface area contributed by atoms with Gasteiger partial charge in [-0.2, -0.15) is 0 Å². The molecule has 0 heterocycles. The third kappa shape index (κ3) is 5.29. The lowest BCUT2D eigenvalue weighted by Crippen LogP contribution is -2.27. The molecular weight excluding hydrogens is 200 g/mol. The Morgan fingerprint density at radius 3 is 2.44 bits per heavy atom. The molecule has 0 aliphatic heterocycles. The molecule has 0 saturated carbocycles. The highest BCUT2D eigenvalue weighted by molar-refractivity contribution is 5.16. The predicted octanol–water partition coefficient (Wildman–Crippen LogP) is 3.76. The molecule has 0 amide bonds. The van der Waals surface area contributed by atoms with E-state index in [2.05, 4.69) is 19.1 Å². The molecule has 0 aliphatic carbocycles. The van der Waals surface area contributed by atoms with Crippen LogP contribution in [0.5, 0.6) is 0 Å². The van der Waals surface area contributed by atoms with Gasteiger partial charge in [0.25, 0.3) is 0 Å². The van der Waals surface area contributed by atoms with Gasteiger partial charge in [0.15, 0.2) is 0 Å². The van der Waals surface area contributed by atoms with Crippen LogP contribution in [0.3, 0.4) is 0 Å². The van der Waals surface area contributed by atoms with Crippen LogP contribution in [-0.2, 0) is 16.2 Å². The van der Waals surface area contributed by atoms with Crippen LogP contribution in [0.25, 0.3) is 0 Å². The molecule has 0 N–H and O–H groups in total. The third-order valence-electron chi connectivity index (χ3n) is 2.34. The molecule has 1 aromatic carbocycles. The fourth-order valence-electron chi connectivity index (χ4n) is 1.52. The van der Waals surface area contributed by atoms with E-state index in [9.17, 15) is 0 Å². The number of rotatable bonds is 7. The first-order valence-corrected chi connectivity index (χ1v) is 5.98. The van der Waals surface area contributed by atoms with Gasteiger partial charge in [-0.1, -0.05) is 43.7 Å². The van der Waals surface area contributed by atoms with E-state index >= 15 is 0 Å². The second-order valence-electron chi connectivity index (χ2n) is 4.68. The van der Waals surface area contributed by atoms with Crippen molar-refractivity contribution in [1.82, 2.24) is 0 Å². The third-order valence-corrected chi connectivity index (χ3v) is 2.34. The van der Waals surface area contributed by atoms with E-state index in [0.29, 0.717) is 6.61 Å². The molecule has 2 heteroatoms. The lowest BCUT2D eigenvalue weighted by molar-refractivity contribution is -0.352. The highest BCUT2D eigenvalue weighted by Gasteiger charge is 2.20. The van der Waals surface area contributed by atoms with E-state index in [1.807, 2.05) is 32.0 Å². The minimum Gasteiger partial charge on any atom is -0.236 e. The van der Waals surface area contributed by atoms with Crippen LogP contribution < -0.4 is 0 Å². The van der Waals surface area contributed by atoms with Gasteiger partial charge in [0.1, 0.15) is 5.60 Å². The van der Waals surface area contributed by atoms with Crippen molar-refractivity contribution in [3.05, 3.63) is 35.9 Å². The summed E-state index contributed by atoms with van der Waals surface area (Å²) in [5.41, 5.74) is 1.00. The molecule has 0 radical (unpaired) electrons. The zero-order valence-corrected chi connectivity index (χ0v) is 10.5. The summed E-state index contributed by atoms with van der Waals surface area (Å²) in [5, 5.41) is 0. The van der Waals surface area contributed by atoms with Gasteiger partial charge >= 0.3 is 0 Å². The van der Waals surface area contributed by atoms with Crippen LogP contribution in [0.15, 0.2) is 30.3 Å². The molecule has 0 bridgehead atoms. The standard InChI is InChI=1S/C14H22O2/c1-4-5-11-15-16-14(2,3)12-13-9-7-6-8-10-13/h6-10H,4-5,11-12H2,1-3H3. The van der Waals surface area contributed by atoms with E-state index in [0.717, 1.165) is 19.3 Å². The molecular formula is C14H22O2. The second-order valence-corrected chi connectivity index (χ2v) is 4.68. The summed E-state index contributed by atoms with van der Waals surface area (Å²) in [6.07, 6.45) is 3.03. The van der Waals surface area contributed by atoms with E-state index in [1.165, 1.54) is 5.56 Å². The summed E-state index contributed by atoms with van der Waals surface area (Å²) in [4.78, 5) is 10.6. The van der Waals surface area contributed by atoms with Gasteiger partial charge in [-0.05, 0) is 25.8 Å². The van der Waals surface area contributed by atoms with Gasteiger partial charge in [0, 0.05) is 6.42 Å². The van der Waals surface area contributed by atoms with Gasteiger partial charge in [-0.25, -0.2) is 9.78 Å². The first kappa shape index (κ1) is 13.2. The molecule has 0 saturated heterocycles. The smallest absolute Gasteiger partial charge is 0.102 e. The van der Waals surface area contributed by atoms with E-state index < -0.39 is 0 Å². The van der Waals surface area contributed by atoms with Gasteiger partial charge < -0.3 is 0 Å². The van der Waals surface area contributed by atoms with Crippen LogP contribution in [0, 0.1) is 0 Å². The molecule has 0 aliphatic rings. The summed E-state index contributed by atoms with van der Waals surface area (Å²) in [6, 6.07) is 10.3. The van der Waals surface area contributed by atoms with Crippen molar-refractivity contribution in [3.63, 3.8) is 0 Å². The quantitative estimate of drug-likeness (QED) is 0.397. The van der Waals surface area contributed by atoms with Gasteiger partial charge in [-0.15, -0.1) is 0 Å². The minimum atomic E-state index is -0.269. The molecule has 0 aromatic heterocycles. The highest BCUT2D eigenvalue weighted by atomic mass is 17.2. The summed E-state index contributed by atoms with van der Waals surface area (Å²) in [5.74, 6) is 0. The zero-order valence-electron chi connectivity index (χ0n) is 10.5. The average Bonchev–Trinajstić information content (AvgIpc) is 2.25. The molecule has 2 nitrogen and oxygen atoms in total. The van der Waals surface area contributed by atoms with Crippen molar-refractivity contribution in [3.8, 4) is 0 Å². The molecule has 1 aromatic rings. The number of hydrogen-bond donors (Lipinski definition) is 0. The maximum absolute atomic E-state index is 5.44. The van der Waals surface area contributed by atoms with Crippen molar-refractivity contribution in [2.75, 3.05) is 6.61 Å². The highest BCUT2D eigenvalue weighted by Crippen LogP contribution is 2.17. The fourth-order valence-corrected chi connectivity index (χ4v) is 1.52. The van der Waals surface area contributed by atoms with Gasteiger partial charge in [-0.3, -0.25) is 0 Å². The fraction of sp³-hybridized carbons (Fsp3) is 0.571. The van der Waals surface area contributed by atoms with Crippen LogP contribution in [0.4, 0.5) is 0 Å². The number of unbranched alkanes of at least 4 members (excludes halogenated alkanes) is 1. The van der Waals surface area contributed by atoms with Crippen molar-refractivity contribution >= 4 is 0 Å². The largest absolute Gasteiger partial charge is 0.236 e. The normalized spacial score (nSPS) is 11.7. The Kier molecular flexibility index (Phi) is 5.50.